The highest BCUT2D eigenvalue weighted by Gasteiger charge is 2.53. The van der Waals surface area contributed by atoms with Crippen molar-refractivity contribution < 1.29 is 18.9 Å². The minimum Gasteiger partial charge on any atom is -0.303 e. The van der Waals surface area contributed by atoms with E-state index in [2.05, 4.69) is 52.6 Å². The molecule has 0 aliphatic heterocycles. The second-order valence-electron chi connectivity index (χ2n) is 6.00. The molecule has 8 heteroatoms. The van der Waals surface area contributed by atoms with Gasteiger partial charge < -0.3 is 9.79 Å². The molecule has 2 unspecified atom stereocenters. The third kappa shape index (κ3) is 6.77. The van der Waals surface area contributed by atoms with Crippen LogP contribution < -0.4 is 0 Å². The summed E-state index contributed by atoms with van der Waals surface area (Å²) in [7, 11) is -4.69. The van der Waals surface area contributed by atoms with Gasteiger partial charge in [-0.25, -0.2) is 4.57 Å². The van der Waals surface area contributed by atoms with Crippen LogP contribution in [0.25, 0.3) is 0 Å². The molecule has 0 rings (SSSR count). The number of phosphoric ester groups is 1. The van der Waals surface area contributed by atoms with Crippen LogP contribution in [0, 0.1) is 10.8 Å². The number of hydrogen-bond donors (Lipinski definition) is 2. The van der Waals surface area contributed by atoms with E-state index < -0.39 is 17.2 Å². The Labute approximate surface area is 137 Å². The molecule has 19 heavy (non-hydrogen) atoms. The predicted molar refractivity (Wildman–Crippen MR) is 85.8 cm³/mol. The molecule has 0 bridgehead atoms. The highest BCUT2D eigenvalue weighted by Crippen LogP contribution is 2.59. The lowest BCUT2D eigenvalue weighted by Gasteiger charge is -2.45. The Kier molecular flexibility index (Phi) is 7.59. The maximum absolute atomic E-state index is 11.1. The number of rotatable bonds is 7. The Balaban J connectivity index is 5.49. The summed E-state index contributed by atoms with van der Waals surface area (Å²) < 4.78 is 14.3. The Hall–Kier alpha value is 1.36. The zero-order valence-electron chi connectivity index (χ0n) is 11.6. The first-order valence-electron chi connectivity index (χ1n) is 5.99. The lowest BCUT2D eigenvalue weighted by Crippen LogP contribution is -2.44. The van der Waals surface area contributed by atoms with Gasteiger partial charge in [0.25, 0.3) is 0 Å². The van der Waals surface area contributed by atoms with E-state index in [0.29, 0.717) is 18.2 Å². The topological polar surface area (TPSA) is 66.8 Å². The Morgan fingerprint density at radius 1 is 1.32 bits per heavy atom. The molecule has 0 aliphatic rings. The summed E-state index contributed by atoms with van der Waals surface area (Å²) in [6.07, 6.45) is 2.14. The minimum absolute atomic E-state index is 0.0604. The van der Waals surface area contributed by atoms with Gasteiger partial charge in [-0.2, -0.15) is 0 Å². The van der Waals surface area contributed by atoms with Gasteiger partial charge in [0.2, 0.25) is 3.97 Å². The van der Waals surface area contributed by atoms with E-state index in [0.717, 1.165) is 6.42 Å². The molecule has 4 nitrogen and oxygen atoms in total. The van der Waals surface area contributed by atoms with Crippen molar-refractivity contribution in [3.8, 4) is 0 Å². The van der Waals surface area contributed by atoms with E-state index in [9.17, 15) is 4.57 Å². The van der Waals surface area contributed by atoms with E-state index >= 15 is 0 Å². The first kappa shape index (κ1) is 20.4. The summed E-state index contributed by atoms with van der Waals surface area (Å²) in [6, 6.07) is 0. The highest BCUT2D eigenvalue weighted by atomic mass is 79.9. The third-order valence-corrected chi connectivity index (χ3v) is 6.13. The van der Waals surface area contributed by atoms with Crippen LogP contribution in [-0.2, 0) is 9.09 Å². The van der Waals surface area contributed by atoms with Crippen molar-refractivity contribution >= 4 is 51.3 Å². The van der Waals surface area contributed by atoms with Crippen LogP contribution in [0.15, 0.2) is 0 Å². The molecule has 2 N–H and O–H groups in total. The first-order chi connectivity index (χ1) is 8.29. The number of phosphoric acid groups is 1. The molecule has 0 saturated heterocycles. The zero-order chi connectivity index (χ0) is 15.5. The molecule has 0 aliphatic carbocycles. The van der Waals surface area contributed by atoms with Crippen LogP contribution in [0.3, 0.4) is 0 Å². The summed E-state index contributed by atoms with van der Waals surface area (Å²) >= 11 is 12.9. The molecule has 0 aromatic rings. The first-order valence-corrected chi connectivity index (χ1v) is 9.81. The van der Waals surface area contributed by atoms with Crippen molar-refractivity contribution in [1.82, 2.24) is 0 Å². The van der Waals surface area contributed by atoms with E-state index in [1.807, 2.05) is 6.92 Å². The van der Waals surface area contributed by atoms with Crippen molar-refractivity contribution in [3.63, 3.8) is 0 Å². The summed E-state index contributed by atoms with van der Waals surface area (Å²) in [6.45, 7) is 8.16. The van der Waals surface area contributed by atoms with Gasteiger partial charge in [0.05, 0.1) is 0 Å². The zero-order valence-corrected chi connectivity index (χ0v) is 16.4. The molecule has 0 aromatic carbocycles. The van der Waals surface area contributed by atoms with Gasteiger partial charge in [-0.05, 0) is 34.2 Å². The van der Waals surface area contributed by atoms with Gasteiger partial charge in [0, 0.05) is 10.7 Å². The second-order valence-corrected chi connectivity index (χ2v) is 9.83. The molecule has 0 spiro atoms. The number of alkyl halides is 3. The van der Waals surface area contributed by atoms with Crippen LogP contribution in [0.2, 0.25) is 0 Å². The molecular weight excluding hydrogens is 422 g/mol. The van der Waals surface area contributed by atoms with Crippen molar-refractivity contribution in [2.24, 2.45) is 10.8 Å². The largest absolute Gasteiger partial charge is 0.471 e. The molecule has 0 radical (unpaired) electrons. The molecule has 2 atom stereocenters. The standard InChI is InChI=1S/C11H22Br2ClO4P/c1-5-6-10(8-12,7-9(2,3)4)11(13,14)18-19(15,16)17/h5-8H2,1-4H3,(H2,15,16,17). The van der Waals surface area contributed by atoms with Crippen LogP contribution in [0.4, 0.5) is 0 Å². The molecule has 0 saturated carbocycles. The average Bonchev–Trinajstić information content (AvgIpc) is 2.10. The van der Waals surface area contributed by atoms with Crippen molar-refractivity contribution in [1.29, 1.82) is 0 Å². The monoisotopic (exact) mass is 442 g/mol. The van der Waals surface area contributed by atoms with Crippen molar-refractivity contribution in [2.75, 3.05) is 5.33 Å². The van der Waals surface area contributed by atoms with Crippen LogP contribution >= 0.6 is 51.3 Å². The van der Waals surface area contributed by atoms with Gasteiger partial charge in [0.15, 0.2) is 0 Å². The minimum atomic E-state index is -4.69. The fourth-order valence-electron chi connectivity index (χ4n) is 2.27. The maximum Gasteiger partial charge on any atom is 0.471 e. The van der Waals surface area contributed by atoms with E-state index in [1.165, 1.54) is 0 Å². The molecule has 0 fully saturated rings. The number of halogens is 3. The summed E-state index contributed by atoms with van der Waals surface area (Å²) in [5.41, 5.74) is -0.697. The van der Waals surface area contributed by atoms with Gasteiger partial charge in [-0.1, -0.05) is 61.6 Å². The molecule has 0 heterocycles. The summed E-state index contributed by atoms with van der Waals surface area (Å²) in [5, 5.41) is 0.472. The normalized spacial score (nSPS) is 19.8. The maximum atomic E-state index is 11.1. The quantitative estimate of drug-likeness (QED) is 0.428. The molecule has 0 aromatic heterocycles. The van der Waals surface area contributed by atoms with Gasteiger partial charge in [0.1, 0.15) is 0 Å². The molecular formula is C11H22Br2ClO4P. The smallest absolute Gasteiger partial charge is 0.303 e. The lowest BCUT2D eigenvalue weighted by molar-refractivity contribution is 0.0355. The highest BCUT2D eigenvalue weighted by molar-refractivity contribution is 9.10. The Morgan fingerprint density at radius 2 is 1.79 bits per heavy atom. The molecule has 0 amide bonds. The predicted octanol–water partition coefficient (Wildman–Crippen LogP) is 5.00. The van der Waals surface area contributed by atoms with Crippen molar-refractivity contribution in [3.05, 3.63) is 0 Å². The van der Waals surface area contributed by atoms with Crippen LogP contribution in [-0.4, -0.2) is 19.1 Å². The van der Waals surface area contributed by atoms with Crippen molar-refractivity contribution in [2.45, 2.75) is 50.9 Å². The van der Waals surface area contributed by atoms with Crippen LogP contribution in [0.1, 0.15) is 47.0 Å². The lowest BCUT2D eigenvalue weighted by atomic mass is 9.73. The summed E-state index contributed by atoms with van der Waals surface area (Å²) in [5.74, 6) is 0. The number of hydrogen-bond acceptors (Lipinski definition) is 2. The van der Waals surface area contributed by atoms with Crippen LogP contribution in [0.5, 0.6) is 0 Å². The Morgan fingerprint density at radius 3 is 2.05 bits per heavy atom. The van der Waals surface area contributed by atoms with E-state index in [1.54, 1.807) is 0 Å². The van der Waals surface area contributed by atoms with Gasteiger partial charge in [-0.3, -0.25) is 4.52 Å². The fourth-order valence-corrected chi connectivity index (χ4v) is 5.71. The van der Waals surface area contributed by atoms with E-state index in [-0.39, 0.29) is 5.41 Å². The fraction of sp³-hybridized carbons (Fsp3) is 1.00. The van der Waals surface area contributed by atoms with Gasteiger partial charge >= 0.3 is 7.82 Å². The third-order valence-electron chi connectivity index (χ3n) is 2.70. The van der Waals surface area contributed by atoms with E-state index in [4.69, 9.17) is 25.9 Å². The molecule has 116 valence electrons. The van der Waals surface area contributed by atoms with Gasteiger partial charge in [-0.15, -0.1) is 0 Å². The second kappa shape index (κ2) is 7.08. The average molecular weight is 445 g/mol. The Bertz CT molecular complexity index is 340. The SMILES string of the molecule is CCCC(CBr)(CC(C)(C)C)C(Cl)(Br)OP(=O)(O)O. The summed E-state index contributed by atoms with van der Waals surface area (Å²) in [4.78, 5) is 18.1.